The van der Waals surface area contributed by atoms with E-state index >= 15 is 0 Å². The van der Waals surface area contributed by atoms with Crippen molar-refractivity contribution < 1.29 is 9.53 Å². The third-order valence-corrected chi connectivity index (χ3v) is 2.29. The fourth-order valence-electron chi connectivity index (χ4n) is 1.47. The number of aromatic nitrogens is 2. The summed E-state index contributed by atoms with van der Waals surface area (Å²) in [5.74, 6) is -0.226. The Kier molecular flexibility index (Phi) is 2.51. The first-order valence-electron chi connectivity index (χ1n) is 4.67. The van der Waals surface area contributed by atoms with Crippen LogP contribution in [0.3, 0.4) is 0 Å². The van der Waals surface area contributed by atoms with E-state index in [2.05, 4.69) is 10.2 Å². The van der Waals surface area contributed by atoms with E-state index in [4.69, 9.17) is 4.74 Å². The Morgan fingerprint density at radius 3 is 3.00 bits per heavy atom. The van der Waals surface area contributed by atoms with Gasteiger partial charge < -0.3 is 9.64 Å². The minimum Gasteiger partial charge on any atom is -0.357 e. The van der Waals surface area contributed by atoms with Gasteiger partial charge in [-0.2, -0.15) is 5.10 Å². The van der Waals surface area contributed by atoms with E-state index in [1.807, 2.05) is 0 Å². The van der Waals surface area contributed by atoms with Gasteiger partial charge in [-0.3, -0.25) is 9.59 Å². The number of H-pyrrole nitrogens is 1. The molecule has 2 rings (SSSR count). The second-order valence-electron chi connectivity index (χ2n) is 3.28. The molecule has 0 spiro atoms. The van der Waals surface area contributed by atoms with Crippen molar-refractivity contribution in [3.8, 4) is 0 Å². The zero-order chi connectivity index (χ0) is 10.8. The summed E-state index contributed by atoms with van der Waals surface area (Å²) >= 11 is 0. The number of amides is 1. The zero-order valence-corrected chi connectivity index (χ0v) is 8.27. The molecule has 1 fully saturated rings. The molecule has 1 aromatic rings. The summed E-state index contributed by atoms with van der Waals surface area (Å²) in [5.41, 5.74) is -0.0933. The largest absolute Gasteiger partial charge is 0.357 e. The van der Waals surface area contributed by atoms with Crippen molar-refractivity contribution in [3.63, 3.8) is 0 Å². The summed E-state index contributed by atoms with van der Waals surface area (Å²) in [7, 11) is 0. The van der Waals surface area contributed by atoms with E-state index in [1.54, 1.807) is 11.8 Å². The van der Waals surface area contributed by atoms with Crippen LogP contribution in [-0.2, 0) is 4.74 Å². The smallest absolute Gasteiger partial charge is 0.276 e. The first kappa shape index (κ1) is 9.85. The van der Waals surface area contributed by atoms with E-state index in [0.29, 0.717) is 13.2 Å². The molecule has 0 aromatic carbocycles. The molecule has 1 atom stereocenters. The highest BCUT2D eigenvalue weighted by Gasteiger charge is 2.27. The maximum Gasteiger partial charge on any atom is 0.276 e. The van der Waals surface area contributed by atoms with Gasteiger partial charge in [-0.05, 0) is 13.0 Å². The van der Waals surface area contributed by atoms with E-state index in [-0.39, 0.29) is 23.4 Å². The second-order valence-corrected chi connectivity index (χ2v) is 3.28. The van der Waals surface area contributed by atoms with Gasteiger partial charge in [0.15, 0.2) is 0 Å². The van der Waals surface area contributed by atoms with Gasteiger partial charge in [0.1, 0.15) is 11.9 Å². The predicted octanol–water partition coefficient (Wildman–Crippen LogP) is -0.412. The monoisotopic (exact) mass is 209 g/mol. The Balaban J connectivity index is 2.20. The van der Waals surface area contributed by atoms with Crippen molar-refractivity contribution in [1.82, 2.24) is 15.1 Å². The van der Waals surface area contributed by atoms with Crippen molar-refractivity contribution in [2.75, 3.05) is 13.2 Å². The Labute approximate surface area is 85.9 Å². The summed E-state index contributed by atoms with van der Waals surface area (Å²) in [5, 5.41) is 5.90. The number of nitrogens with one attached hydrogen (secondary N) is 1. The van der Waals surface area contributed by atoms with Gasteiger partial charge in [-0.25, -0.2) is 5.10 Å². The van der Waals surface area contributed by atoms with Crippen LogP contribution < -0.4 is 5.56 Å². The maximum absolute atomic E-state index is 11.8. The van der Waals surface area contributed by atoms with Gasteiger partial charge in [-0.1, -0.05) is 0 Å². The summed E-state index contributed by atoms with van der Waals surface area (Å²) in [6.07, 6.45) is -0.230. The average Bonchev–Trinajstić information content (AvgIpc) is 2.65. The Hall–Kier alpha value is -1.69. The van der Waals surface area contributed by atoms with Crippen molar-refractivity contribution >= 4 is 5.91 Å². The molecule has 1 aromatic heterocycles. The lowest BCUT2D eigenvalue weighted by atomic mass is 10.3. The van der Waals surface area contributed by atoms with Gasteiger partial charge in [0.05, 0.1) is 6.61 Å². The fraction of sp³-hybridized carbons (Fsp3) is 0.444. The van der Waals surface area contributed by atoms with Crippen LogP contribution in [0.2, 0.25) is 0 Å². The molecule has 80 valence electrons. The van der Waals surface area contributed by atoms with Crippen LogP contribution in [-0.4, -0.2) is 40.4 Å². The van der Waals surface area contributed by atoms with E-state index in [1.165, 1.54) is 12.1 Å². The lowest BCUT2D eigenvalue weighted by Crippen LogP contribution is -2.35. The summed E-state index contributed by atoms with van der Waals surface area (Å²) < 4.78 is 5.24. The standard InChI is InChI=1S/C9H11N3O3/c1-6-12(4-5-15-6)9(14)7-2-3-8(13)11-10-7/h2-3,6H,4-5H2,1H3,(H,11,13). The zero-order valence-electron chi connectivity index (χ0n) is 8.27. The molecule has 0 saturated carbocycles. The first-order chi connectivity index (χ1) is 7.18. The molecule has 6 heteroatoms. The van der Waals surface area contributed by atoms with Crippen molar-refractivity contribution in [3.05, 3.63) is 28.2 Å². The van der Waals surface area contributed by atoms with Gasteiger partial charge in [0, 0.05) is 12.6 Å². The van der Waals surface area contributed by atoms with Gasteiger partial charge >= 0.3 is 0 Å². The summed E-state index contributed by atoms with van der Waals surface area (Å²) in [4.78, 5) is 24.2. The molecule has 1 aliphatic heterocycles. The van der Waals surface area contributed by atoms with Crippen LogP contribution in [0.4, 0.5) is 0 Å². The fourth-order valence-corrected chi connectivity index (χ4v) is 1.47. The molecule has 1 saturated heterocycles. The Morgan fingerprint density at radius 2 is 2.47 bits per heavy atom. The van der Waals surface area contributed by atoms with E-state index < -0.39 is 0 Å². The molecule has 0 aliphatic carbocycles. The normalized spacial score (nSPS) is 20.6. The number of carbonyl (C=O) groups is 1. The molecule has 1 aliphatic rings. The summed E-state index contributed by atoms with van der Waals surface area (Å²) in [6.45, 7) is 2.90. The molecule has 0 bridgehead atoms. The topological polar surface area (TPSA) is 75.3 Å². The molecule has 6 nitrogen and oxygen atoms in total. The van der Waals surface area contributed by atoms with Crippen molar-refractivity contribution in [2.45, 2.75) is 13.2 Å². The number of hydrogen-bond donors (Lipinski definition) is 1. The lowest BCUT2D eigenvalue weighted by molar-refractivity contribution is 0.0372. The Bertz CT molecular complexity index is 408. The number of carbonyl (C=O) groups excluding carboxylic acids is 1. The van der Waals surface area contributed by atoms with Crippen LogP contribution in [0, 0.1) is 0 Å². The van der Waals surface area contributed by atoms with Gasteiger partial charge in [0.2, 0.25) is 0 Å². The SMILES string of the molecule is CC1OCCN1C(=O)c1ccc(=O)[nH]n1. The average molecular weight is 209 g/mol. The van der Waals surface area contributed by atoms with Crippen LogP contribution in [0.15, 0.2) is 16.9 Å². The number of rotatable bonds is 1. The lowest BCUT2D eigenvalue weighted by Gasteiger charge is -2.18. The second kappa shape index (κ2) is 3.82. The predicted molar refractivity (Wildman–Crippen MR) is 51.3 cm³/mol. The summed E-state index contributed by atoms with van der Waals surface area (Å²) in [6, 6.07) is 2.69. The minimum absolute atomic E-state index is 0.226. The molecule has 0 radical (unpaired) electrons. The molecule has 2 heterocycles. The van der Waals surface area contributed by atoms with Gasteiger partial charge in [-0.15, -0.1) is 0 Å². The maximum atomic E-state index is 11.8. The van der Waals surface area contributed by atoms with Crippen molar-refractivity contribution in [2.24, 2.45) is 0 Å². The van der Waals surface area contributed by atoms with Crippen LogP contribution in [0.25, 0.3) is 0 Å². The molecular weight excluding hydrogens is 198 g/mol. The molecule has 1 amide bonds. The third-order valence-electron chi connectivity index (χ3n) is 2.29. The third kappa shape index (κ3) is 1.89. The molecule has 15 heavy (non-hydrogen) atoms. The first-order valence-corrected chi connectivity index (χ1v) is 4.67. The molecular formula is C9H11N3O3. The number of ether oxygens (including phenoxy) is 1. The number of aromatic amines is 1. The van der Waals surface area contributed by atoms with Crippen molar-refractivity contribution in [1.29, 1.82) is 0 Å². The Morgan fingerprint density at radius 1 is 1.67 bits per heavy atom. The van der Waals surface area contributed by atoms with Crippen LogP contribution in [0.1, 0.15) is 17.4 Å². The highest BCUT2D eigenvalue weighted by molar-refractivity contribution is 5.92. The van der Waals surface area contributed by atoms with Gasteiger partial charge in [0.25, 0.3) is 11.5 Å². The number of hydrogen-bond acceptors (Lipinski definition) is 4. The van der Waals surface area contributed by atoms with E-state index in [9.17, 15) is 9.59 Å². The quantitative estimate of drug-likeness (QED) is 0.682. The highest BCUT2D eigenvalue weighted by Crippen LogP contribution is 2.11. The van der Waals surface area contributed by atoms with E-state index in [0.717, 1.165) is 0 Å². The molecule has 1 N–H and O–H groups in total. The van der Waals surface area contributed by atoms with Crippen LogP contribution >= 0.6 is 0 Å². The highest BCUT2D eigenvalue weighted by atomic mass is 16.5. The molecule has 1 unspecified atom stereocenters. The minimum atomic E-state index is -0.322. The number of nitrogens with zero attached hydrogens (tertiary/aromatic N) is 2. The van der Waals surface area contributed by atoms with Crippen LogP contribution in [0.5, 0.6) is 0 Å².